The largest absolute Gasteiger partial charge is 0.379 e. The lowest BCUT2D eigenvalue weighted by molar-refractivity contribution is -0.126. The first-order valence-corrected chi connectivity index (χ1v) is 9.58. The first kappa shape index (κ1) is 18.2. The molecule has 3 heterocycles. The molecule has 8 nitrogen and oxygen atoms in total. The fourth-order valence-corrected chi connectivity index (χ4v) is 3.82. The van der Waals surface area contributed by atoms with E-state index in [0.29, 0.717) is 18.2 Å². The number of anilines is 1. The van der Waals surface area contributed by atoms with Gasteiger partial charge in [-0.05, 0) is 0 Å². The Morgan fingerprint density at radius 3 is 2.80 bits per heavy atom. The number of nitrogens with zero attached hydrogens (tertiary/aromatic N) is 4. The Hall–Kier alpha value is -1.58. The van der Waals surface area contributed by atoms with Crippen LogP contribution in [0.4, 0.5) is 5.13 Å². The summed E-state index contributed by atoms with van der Waals surface area (Å²) in [5.74, 6) is -0.149. The van der Waals surface area contributed by atoms with Gasteiger partial charge in [0.25, 0.3) is 0 Å². The third kappa shape index (κ3) is 4.53. The minimum absolute atomic E-state index is 0.0558. The van der Waals surface area contributed by atoms with E-state index in [-0.39, 0.29) is 30.1 Å². The van der Waals surface area contributed by atoms with Crippen LogP contribution in [-0.4, -0.2) is 72.8 Å². The monoisotopic (exact) mass is 367 g/mol. The first-order chi connectivity index (χ1) is 12.0. The zero-order valence-electron chi connectivity index (χ0n) is 14.7. The van der Waals surface area contributed by atoms with Crippen LogP contribution in [0.5, 0.6) is 0 Å². The first-order valence-electron chi connectivity index (χ1n) is 8.76. The molecule has 25 heavy (non-hydrogen) atoms. The third-order valence-electron chi connectivity index (χ3n) is 4.48. The van der Waals surface area contributed by atoms with Gasteiger partial charge in [-0.1, -0.05) is 25.2 Å². The van der Waals surface area contributed by atoms with Gasteiger partial charge < -0.3 is 10.1 Å². The summed E-state index contributed by atoms with van der Waals surface area (Å²) in [5, 5.41) is 12.7. The van der Waals surface area contributed by atoms with Crippen molar-refractivity contribution in [2.45, 2.75) is 26.2 Å². The van der Waals surface area contributed by atoms with Crippen LogP contribution in [0.25, 0.3) is 0 Å². The predicted molar refractivity (Wildman–Crippen MR) is 94.7 cm³/mol. The Morgan fingerprint density at radius 1 is 1.36 bits per heavy atom. The Kier molecular flexibility index (Phi) is 5.98. The van der Waals surface area contributed by atoms with E-state index in [4.69, 9.17) is 4.74 Å². The second kappa shape index (κ2) is 8.20. The van der Waals surface area contributed by atoms with Gasteiger partial charge in [-0.2, -0.15) is 0 Å². The molecule has 0 aliphatic carbocycles. The van der Waals surface area contributed by atoms with Gasteiger partial charge >= 0.3 is 0 Å². The van der Waals surface area contributed by atoms with Crippen molar-refractivity contribution >= 4 is 28.3 Å². The number of ether oxygens (including phenoxy) is 1. The number of aromatic nitrogens is 2. The number of carbonyl (C=O) groups is 2. The van der Waals surface area contributed by atoms with Crippen LogP contribution in [0, 0.1) is 5.92 Å². The number of nitrogens with one attached hydrogen (secondary N) is 1. The van der Waals surface area contributed by atoms with Crippen LogP contribution < -0.4 is 10.2 Å². The zero-order valence-corrected chi connectivity index (χ0v) is 15.5. The summed E-state index contributed by atoms with van der Waals surface area (Å²) < 4.78 is 5.31. The third-order valence-corrected chi connectivity index (χ3v) is 5.73. The molecule has 1 unspecified atom stereocenters. The van der Waals surface area contributed by atoms with E-state index >= 15 is 0 Å². The summed E-state index contributed by atoms with van der Waals surface area (Å²) in [6, 6.07) is 0. The molecule has 1 aromatic heterocycles. The van der Waals surface area contributed by atoms with Crippen LogP contribution in [0.15, 0.2) is 0 Å². The van der Waals surface area contributed by atoms with Crippen molar-refractivity contribution in [3.63, 3.8) is 0 Å². The molecule has 9 heteroatoms. The molecule has 2 fully saturated rings. The summed E-state index contributed by atoms with van der Waals surface area (Å²) >= 11 is 1.43. The van der Waals surface area contributed by atoms with E-state index in [9.17, 15) is 9.59 Å². The van der Waals surface area contributed by atoms with Crippen molar-refractivity contribution in [1.29, 1.82) is 0 Å². The maximum absolute atomic E-state index is 12.4. The van der Waals surface area contributed by atoms with Crippen molar-refractivity contribution in [3.05, 3.63) is 5.01 Å². The van der Waals surface area contributed by atoms with E-state index in [1.165, 1.54) is 11.3 Å². The van der Waals surface area contributed by atoms with Crippen LogP contribution in [-0.2, 0) is 14.3 Å². The number of hydrogen-bond donors (Lipinski definition) is 1. The van der Waals surface area contributed by atoms with Crippen molar-refractivity contribution < 1.29 is 14.3 Å². The lowest BCUT2D eigenvalue weighted by Crippen LogP contribution is -2.42. The lowest BCUT2D eigenvalue weighted by atomic mass is 10.1. The van der Waals surface area contributed by atoms with Gasteiger partial charge in [0.05, 0.1) is 19.1 Å². The van der Waals surface area contributed by atoms with Crippen LogP contribution in [0.3, 0.4) is 0 Å². The summed E-state index contributed by atoms with van der Waals surface area (Å²) in [5.41, 5.74) is 0. The fraction of sp³-hybridized carbons (Fsp3) is 0.750. The molecule has 2 saturated heterocycles. The van der Waals surface area contributed by atoms with Crippen molar-refractivity contribution in [2.75, 3.05) is 50.8 Å². The molecule has 0 aromatic carbocycles. The summed E-state index contributed by atoms with van der Waals surface area (Å²) in [7, 11) is 0. The summed E-state index contributed by atoms with van der Waals surface area (Å²) in [4.78, 5) is 28.5. The molecule has 1 atom stereocenters. The highest BCUT2D eigenvalue weighted by atomic mass is 32.1. The topological polar surface area (TPSA) is 87.7 Å². The maximum atomic E-state index is 12.4. The van der Waals surface area contributed by atoms with Crippen molar-refractivity contribution in [3.8, 4) is 0 Å². The summed E-state index contributed by atoms with van der Waals surface area (Å²) in [6.07, 6.45) is 0.236. The van der Waals surface area contributed by atoms with Gasteiger partial charge in [-0.15, -0.1) is 10.2 Å². The zero-order chi connectivity index (χ0) is 17.8. The van der Waals surface area contributed by atoms with Crippen molar-refractivity contribution in [2.24, 2.45) is 5.92 Å². The van der Waals surface area contributed by atoms with Gasteiger partial charge in [0.2, 0.25) is 16.9 Å². The van der Waals surface area contributed by atoms with Gasteiger partial charge in [0, 0.05) is 45.1 Å². The maximum Gasteiger partial charge on any atom is 0.229 e. The molecule has 0 spiro atoms. The smallest absolute Gasteiger partial charge is 0.229 e. The van der Waals surface area contributed by atoms with Crippen molar-refractivity contribution in [1.82, 2.24) is 20.4 Å². The molecular weight excluding hydrogens is 342 g/mol. The second-order valence-corrected chi connectivity index (χ2v) is 7.72. The van der Waals surface area contributed by atoms with Gasteiger partial charge in [-0.25, -0.2) is 0 Å². The van der Waals surface area contributed by atoms with E-state index < -0.39 is 0 Å². The minimum atomic E-state index is -0.316. The number of morpholine rings is 1. The number of hydrogen-bond acceptors (Lipinski definition) is 7. The SMILES string of the molecule is CC(C)c1nnc(N2CC(C(=O)NCCN3CCOCC3)CC2=O)s1. The van der Waals surface area contributed by atoms with Gasteiger partial charge in [0.15, 0.2) is 0 Å². The quantitative estimate of drug-likeness (QED) is 0.786. The van der Waals surface area contributed by atoms with Crippen LogP contribution in [0.2, 0.25) is 0 Å². The van der Waals surface area contributed by atoms with E-state index in [2.05, 4.69) is 20.4 Å². The van der Waals surface area contributed by atoms with Crippen LogP contribution >= 0.6 is 11.3 Å². The van der Waals surface area contributed by atoms with Gasteiger partial charge in [0.1, 0.15) is 5.01 Å². The highest BCUT2D eigenvalue weighted by Crippen LogP contribution is 2.30. The molecule has 138 valence electrons. The van der Waals surface area contributed by atoms with E-state index in [1.54, 1.807) is 4.90 Å². The molecule has 2 amide bonds. The Balaban J connectivity index is 1.48. The molecule has 1 N–H and O–H groups in total. The van der Waals surface area contributed by atoms with Gasteiger partial charge in [-0.3, -0.25) is 19.4 Å². The molecular formula is C16H25N5O3S. The molecule has 2 aliphatic heterocycles. The summed E-state index contributed by atoms with van der Waals surface area (Å²) in [6.45, 7) is 9.19. The van der Waals surface area contributed by atoms with Crippen LogP contribution in [0.1, 0.15) is 31.2 Å². The Labute approximate surface area is 151 Å². The highest BCUT2D eigenvalue weighted by molar-refractivity contribution is 7.15. The standard InChI is InChI=1S/C16H25N5O3S/c1-11(2)15-18-19-16(25-15)21-10-12(9-13(21)22)14(23)17-3-4-20-5-7-24-8-6-20/h11-12H,3-10H2,1-2H3,(H,17,23). The Morgan fingerprint density at radius 2 is 2.12 bits per heavy atom. The van der Waals surface area contributed by atoms with E-state index in [1.807, 2.05) is 13.8 Å². The minimum Gasteiger partial charge on any atom is -0.379 e. The predicted octanol–water partition coefficient (Wildman–Crippen LogP) is 0.463. The molecule has 0 saturated carbocycles. The molecule has 1 aromatic rings. The molecule has 0 radical (unpaired) electrons. The lowest BCUT2D eigenvalue weighted by Gasteiger charge is -2.26. The second-order valence-electron chi connectivity index (χ2n) is 6.73. The number of amides is 2. The number of carbonyl (C=O) groups excluding carboxylic acids is 2. The van der Waals surface area contributed by atoms with E-state index in [0.717, 1.165) is 37.9 Å². The normalized spacial score (nSPS) is 22.0. The Bertz CT molecular complexity index is 615. The molecule has 2 aliphatic rings. The highest BCUT2D eigenvalue weighted by Gasteiger charge is 2.36. The molecule has 3 rings (SSSR count). The average Bonchev–Trinajstić information content (AvgIpc) is 3.22. The fourth-order valence-electron chi connectivity index (χ4n) is 2.94. The number of rotatable bonds is 6. The average molecular weight is 367 g/mol. The molecule has 0 bridgehead atoms.